The zero-order valence-corrected chi connectivity index (χ0v) is 17.1. The van der Waals surface area contributed by atoms with Gasteiger partial charge < -0.3 is 9.88 Å². The fraction of sp³-hybridized carbons (Fsp3) is 0.632. The third kappa shape index (κ3) is 2.96. The van der Waals surface area contributed by atoms with E-state index in [1.807, 2.05) is 11.5 Å². The fourth-order valence-electron chi connectivity index (χ4n) is 4.63. The Balaban J connectivity index is 1.55. The Labute approximate surface area is 164 Å². The Bertz CT molecular complexity index is 991. The lowest BCUT2D eigenvalue weighted by Gasteiger charge is -2.20. The fourth-order valence-corrected chi connectivity index (χ4v) is 6.33. The van der Waals surface area contributed by atoms with Crippen LogP contribution in [0.1, 0.15) is 54.0 Å². The van der Waals surface area contributed by atoms with E-state index >= 15 is 0 Å². The molecule has 1 aromatic heterocycles. The highest BCUT2D eigenvalue weighted by Crippen LogP contribution is 2.42. The summed E-state index contributed by atoms with van der Waals surface area (Å²) in [6.07, 6.45) is 2.32. The lowest BCUT2D eigenvalue weighted by molar-refractivity contribution is -0.131. The molecule has 4 rings (SSSR count). The molecule has 0 spiro atoms. The van der Waals surface area contributed by atoms with Gasteiger partial charge in [-0.2, -0.15) is 0 Å². The minimum atomic E-state index is -3.05. The first-order valence-corrected chi connectivity index (χ1v) is 11.4. The molecule has 0 radical (unpaired) electrons. The standard InChI is InChI=1S/C19H25N3O5S/c1-11-8-15(12(2)22(11)14-6-7-28(26,27)10-14)16(23)9-21-17(24)19(3,13-4-5-13)20-18(21)25/h8,13-14H,4-7,9-10H2,1-3H3,(H,20,25)/t14-,19+/m1/s1. The molecule has 1 saturated carbocycles. The summed E-state index contributed by atoms with van der Waals surface area (Å²) in [5.74, 6) is -0.296. The van der Waals surface area contributed by atoms with Gasteiger partial charge in [0.2, 0.25) is 0 Å². The topological polar surface area (TPSA) is 106 Å². The van der Waals surface area contributed by atoms with Crippen molar-refractivity contribution in [1.29, 1.82) is 0 Å². The summed E-state index contributed by atoms with van der Waals surface area (Å²) in [6.45, 7) is 5.04. The number of carbonyl (C=O) groups is 3. The molecule has 1 aliphatic carbocycles. The molecule has 9 heteroatoms. The number of nitrogens with one attached hydrogen (secondary N) is 1. The van der Waals surface area contributed by atoms with Crippen LogP contribution in [-0.4, -0.2) is 59.2 Å². The summed E-state index contributed by atoms with van der Waals surface area (Å²) in [4.78, 5) is 39.0. The quantitative estimate of drug-likeness (QED) is 0.586. The monoisotopic (exact) mass is 407 g/mol. The van der Waals surface area contributed by atoms with Crippen LogP contribution in [0.3, 0.4) is 0 Å². The molecule has 152 valence electrons. The molecular formula is C19H25N3O5S. The minimum absolute atomic E-state index is 0.0732. The number of urea groups is 1. The average molecular weight is 407 g/mol. The van der Waals surface area contributed by atoms with Crippen LogP contribution < -0.4 is 5.32 Å². The maximum Gasteiger partial charge on any atom is 0.325 e. The molecule has 3 amide bonds. The van der Waals surface area contributed by atoms with Crippen molar-refractivity contribution < 1.29 is 22.8 Å². The van der Waals surface area contributed by atoms with E-state index in [0.717, 1.165) is 23.4 Å². The van der Waals surface area contributed by atoms with Gasteiger partial charge in [0.1, 0.15) is 5.54 Å². The molecule has 28 heavy (non-hydrogen) atoms. The number of nitrogens with zero attached hydrogens (tertiary/aromatic N) is 2. The lowest BCUT2D eigenvalue weighted by Crippen LogP contribution is -2.46. The summed E-state index contributed by atoms with van der Waals surface area (Å²) in [5.41, 5.74) is 1.01. The highest BCUT2D eigenvalue weighted by Gasteiger charge is 2.56. The summed E-state index contributed by atoms with van der Waals surface area (Å²) < 4.78 is 25.6. The van der Waals surface area contributed by atoms with Gasteiger partial charge in [0.15, 0.2) is 15.6 Å². The Morgan fingerprint density at radius 1 is 1.25 bits per heavy atom. The molecule has 0 aromatic carbocycles. The van der Waals surface area contributed by atoms with Gasteiger partial charge in [0, 0.05) is 23.0 Å². The smallest absolute Gasteiger partial charge is 0.325 e. The van der Waals surface area contributed by atoms with Gasteiger partial charge in [0.25, 0.3) is 5.91 Å². The van der Waals surface area contributed by atoms with E-state index in [-0.39, 0.29) is 41.7 Å². The average Bonchev–Trinajstić information content (AvgIpc) is 3.30. The van der Waals surface area contributed by atoms with Crippen LogP contribution in [0.25, 0.3) is 0 Å². The minimum Gasteiger partial charge on any atom is -0.344 e. The molecule has 1 aromatic rings. The summed E-state index contributed by atoms with van der Waals surface area (Å²) in [6, 6.07) is 1.02. The van der Waals surface area contributed by atoms with Gasteiger partial charge in [0.05, 0.1) is 18.1 Å². The van der Waals surface area contributed by atoms with Gasteiger partial charge in [-0.1, -0.05) is 0 Å². The Morgan fingerprint density at radius 2 is 1.93 bits per heavy atom. The SMILES string of the molecule is Cc1cc(C(=O)CN2C(=O)N[C@@](C)(C3CC3)C2=O)c(C)n1[C@@H]1CCS(=O)(=O)C1. The van der Waals surface area contributed by atoms with Crippen molar-refractivity contribution in [3.05, 3.63) is 23.0 Å². The van der Waals surface area contributed by atoms with Crippen molar-refractivity contribution in [3.63, 3.8) is 0 Å². The Kier molecular flexibility index (Phi) is 4.22. The third-order valence-electron chi connectivity index (χ3n) is 6.36. The van der Waals surface area contributed by atoms with Gasteiger partial charge in [-0.05, 0) is 52.0 Å². The molecule has 2 atom stereocenters. The molecule has 0 bridgehead atoms. The maximum absolute atomic E-state index is 12.9. The number of aryl methyl sites for hydroxylation is 1. The number of amides is 3. The van der Waals surface area contributed by atoms with Crippen LogP contribution in [0.4, 0.5) is 4.79 Å². The van der Waals surface area contributed by atoms with E-state index in [9.17, 15) is 22.8 Å². The maximum atomic E-state index is 12.9. The predicted molar refractivity (Wildman–Crippen MR) is 102 cm³/mol. The first-order chi connectivity index (χ1) is 13.0. The number of rotatable bonds is 5. The van der Waals surface area contributed by atoms with Gasteiger partial charge >= 0.3 is 6.03 Å². The highest BCUT2D eigenvalue weighted by molar-refractivity contribution is 7.91. The van der Waals surface area contributed by atoms with Crippen LogP contribution in [0.2, 0.25) is 0 Å². The Hall–Kier alpha value is -2.16. The largest absolute Gasteiger partial charge is 0.344 e. The predicted octanol–water partition coefficient (Wildman–Crippen LogP) is 1.37. The van der Waals surface area contributed by atoms with E-state index in [0.29, 0.717) is 17.7 Å². The zero-order valence-electron chi connectivity index (χ0n) is 16.3. The Morgan fingerprint density at radius 3 is 2.50 bits per heavy atom. The summed E-state index contributed by atoms with van der Waals surface area (Å²) in [5, 5.41) is 2.75. The first-order valence-electron chi connectivity index (χ1n) is 9.59. The molecule has 2 aliphatic heterocycles. The van der Waals surface area contributed by atoms with E-state index in [2.05, 4.69) is 5.32 Å². The van der Waals surface area contributed by atoms with Crippen LogP contribution in [-0.2, 0) is 14.6 Å². The second-order valence-corrected chi connectivity index (χ2v) is 10.7. The normalized spacial score (nSPS) is 29.4. The molecule has 8 nitrogen and oxygen atoms in total. The van der Waals surface area contributed by atoms with Crippen molar-refractivity contribution in [2.24, 2.45) is 5.92 Å². The number of imide groups is 1. The van der Waals surface area contributed by atoms with Crippen molar-refractivity contribution in [2.45, 2.75) is 51.6 Å². The summed E-state index contributed by atoms with van der Waals surface area (Å²) in [7, 11) is -3.05. The lowest BCUT2D eigenvalue weighted by atomic mass is 9.96. The molecule has 3 heterocycles. The highest BCUT2D eigenvalue weighted by atomic mass is 32.2. The molecule has 1 N–H and O–H groups in total. The number of carbonyl (C=O) groups excluding carboxylic acids is 3. The van der Waals surface area contributed by atoms with Crippen molar-refractivity contribution in [1.82, 2.24) is 14.8 Å². The second kappa shape index (κ2) is 6.17. The first kappa shape index (κ1) is 19.2. The van der Waals surface area contributed by atoms with Crippen LogP contribution >= 0.6 is 0 Å². The number of Topliss-reactive ketones (excluding diaryl/α,β-unsaturated/α-hetero) is 1. The second-order valence-electron chi connectivity index (χ2n) is 8.43. The number of hydrogen-bond acceptors (Lipinski definition) is 5. The van der Waals surface area contributed by atoms with Crippen LogP contribution in [0.5, 0.6) is 0 Å². The number of aromatic nitrogens is 1. The molecular weight excluding hydrogens is 382 g/mol. The van der Waals surface area contributed by atoms with E-state index < -0.39 is 21.4 Å². The number of sulfone groups is 1. The van der Waals surface area contributed by atoms with Crippen LogP contribution in [0.15, 0.2) is 6.07 Å². The third-order valence-corrected chi connectivity index (χ3v) is 8.11. The number of hydrogen-bond donors (Lipinski definition) is 1. The molecule has 0 unspecified atom stereocenters. The van der Waals surface area contributed by atoms with Crippen molar-refractivity contribution in [2.75, 3.05) is 18.1 Å². The number of ketones is 1. The molecule has 3 aliphatic rings. The molecule has 3 fully saturated rings. The van der Waals surface area contributed by atoms with Gasteiger partial charge in [-0.3, -0.25) is 14.5 Å². The van der Waals surface area contributed by atoms with Crippen molar-refractivity contribution in [3.8, 4) is 0 Å². The van der Waals surface area contributed by atoms with Gasteiger partial charge in [-0.25, -0.2) is 13.2 Å². The van der Waals surface area contributed by atoms with Crippen LogP contribution in [0, 0.1) is 19.8 Å². The van der Waals surface area contributed by atoms with E-state index in [4.69, 9.17) is 0 Å². The zero-order chi connectivity index (χ0) is 20.4. The van der Waals surface area contributed by atoms with E-state index in [1.54, 1.807) is 19.9 Å². The van der Waals surface area contributed by atoms with E-state index in [1.165, 1.54) is 0 Å². The summed E-state index contributed by atoms with van der Waals surface area (Å²) >= 11 is 0. The van der Waals surface area contributed by atoms with Crippen molar-refractivity contribution >= 4 is 27.6 Å². The van der Waals surface area contributed by atoms with Gasteiger partial charge in [-0.15, -0.1) is 0 Å². The molecule has 2 saturated heterocycles.